The summed E-state index contributed by atoms with van der Waals surface area (Å²) in [5, 5.41) is 0.561. The molecule has 2 aromatic rings. The fourth-order valence-electron chi connectivity index (χ4n) is 2.85. The molecule has 0 radical (unpaired) electrons. The van der Waals surface area contributed by atoms with E-state index in [1.54, 1.807) is 36.4 Å². The number of hydrogen-bond acceptors (Lipinski definition) is 5. The van der Waals surface area contributed by atoms with Gasteiger partial charge in [-0.15, -0.1) is 11.3 Å². The van der Waals surface area contributed by atoms with Crippen LogP contribution in [0.2, 0.25) is 5.02 Å². The standard InChI is InChI=1S/C17H20ClN3O3S2/c1-12-7-8-16(25-12)26(23,24)21-9-3-4-13(11-21)17(22)20-19-15-6-2-5-14(18)10-15/h2,5-8,10,13,19H,3-4,9,11H2,1H3,(H,20,22). The number of benzene rings is 1. The summed E-state index contributed by atoms with van der Waals surface area (Å²) >= 11 is 7.16. The van der Waals surface area contributed by atoms with Crippen LogP contribution in [-0.4, -0.2) is 31.7 Å². The van der Waals surface area contributed by atoms with E-state index in [0.29, 0.717) is 34.3 Å². The predicted octanol–water partition coefficient (Wildman–Crippen LogP) is 3.25. The van der Waals surface area contributed by atoms with Crippen molar-refractivity contribution in [1.29, 1.82) is 0 Å². The molecule has 1 saturated heterocycles. The summed E-state index contributed by atoms with van der Waals surface area (Å²) in [5.74, 6) is -0.626. The van der Waals surface area contributed by atoms with E-state index >= 15 is 0 Å². The van der Waals surface area contributed by atoms with E-state index < -0.39 is 15.9 Å². The lowest BCUT2D eigenvalue weighted by Gasteiger charge is -2.30. The number of nitrogens with zero attached hydrogens (tertiary/aromatic N) is 1. The summed E-state index contributed by atoms with van der Waals surface area (Å²) in [5.41, 5.74) is 6.13. The number of rotatable bonds is 5. The number of hydrazine groups is 1. The average Bonchev–Trinajstić information content (AvgIpc) is 3.07. The van der Waals surface area contributed by atoms with Crippen LogP contribution in [0.1, 0.15) is 17.7 Å². The molecule has 1 aromatic carbocycles. The Balaban J connectivity index is 1.63. The molecule has 1 fully saturated rings. The Morgan fingerprint density at radius 3 is 2.81 bits per heavy atom. The Hall–Kier alpha value is -1.61. The molecule has 1 atom stereocenters. The van der Waals surface area contributed by atoms with Crippen LogP contribution in [0.3, 0.4) is 0 Å². The SMILES string of the molecule is Cc1ccc(S(=O)(=O)N2CCCC(C(=O)NNc3cccc(Cl)c3)C2)s1. The molecule has 3 rings (SSSR count). The highest BCUT2D eigenvalue weighted by Gasteiger charge is 2.34. The molecule has 9 heteroatoms. The van der Waals surface area contributed by atoms with Crippen LogP contribution < -0.4 is 10.9 Å². The number of aryl methyl sites for hydroxylation is 1. The molecule has 0 bridgehead atoms. The number of thiophene rings is 1. The van der Waals surface area contributed by atoms with Gasteiger partial charge in [-0.25, -0.2) is 8.42 Å². The van der Waals surface area contributed by atoms with E-state index in [1.807, 2.05) is 6.92 Å². The number of carbonyl (C=O) groups is 1. The quantitative estimate of drug-likeness (QED) is 0.737. The molecule has 140 valence electrons. The summed E-state index contributed by atoms with van der Waals surface area (Å²) in [6, 6.07) is 10.4. The predicted molar refractivity (Wildman–Crippen MR) is 104 cm³/mol. The van der Waals surface area contributed by atoms with Crippen molar-refractivity contribution < 1.29 is 13.2 Å². The zero-order chi connectivity index (χ0) is 18.7. The highest BCUT2D eigenvalue weighted by molar-refractivity contribution is 7.91. The second-order valence-electron chi connectivity index (χ2n) is 6.19. The number of anilines is 1. The first-order valence-corrected chi connectivity index (χ1v) is 10.9. The van der Waals surface area contributed by atoms with Gasteiger partial charge in [0.25, 0.3) is 10.0 Å². The van der Waals surface area contributed by atoms with Crippen molar-refractivity contribution in [3.63, 3.8) is 0 Å². The lowest BCUT2D eigenvalue weighted by Crippen LogP contribution is -2.46. The summed E-state index contributed by atoms with van der Waals surface area (Å²) in [7, 11) is -3.55. The van der Waals surface area contributed by atoms with Gasteiger partial charge in [-0.3, -0.25) is 15.6 Å². The second-order valence-corrected chi connectivity index (χ2v) is 10.1. The van der Waals surface area contributed by atoms with E-state index in [4.69, 9.17) is 11.6 Å². The molecule has 2 N–H and O–H groups in total. The normalized spacial score (nSPS) is 18.5. The Morgan fingerprint density at radius 1 is 1.31 bits per heavy atom. The number of sulfonamides is 1. The van der Waals surface area contributed by atoms with Crippen LogP contribution in [-0.2, 0) is 14.8 Å². The third-order valence-electron chi connectivity index (χ3n) is 4.22. The van der Waals surface area contributed by atoms with Crippen molar-refractivity contribution in [2.24, 2.45) is 5.92 Å². The number of amides is 1. The third-order valence-corrected chi connectivity index (χ3v) is 7.79. The first-order chi connectivity index (χ1) is 12.4. The number of nitrogens with one attached hydrogen (secondary N) is 2. The lowest BCUT2D eigenvalue weighted by molar-refractivity contribution is -0.125. The first-order valence-electron chi connectivity index (χ1n) is 8.24. The smallest absolute Gasteiger partial charge is 0.252 e. The molecule has 1 amide bonds. The van der Waals surface area contributed by atoms with Gasteiger partial charge >= 0.3 is 0 Å². The summed E-state index contributed by atoms with van der Waals surface area (Å²) in [6.07, 6.45) is 1.30. The van der Waals surface area contributed by atoms with Crippen LogP contribution >= 0.6 is 22.9 Å². The summed E-state index contributed by atoms with van der Waals surface area (Å²) in [6.45, 7) is 2.49. The lowest BCUT2D eigenvalue weighted by atomic mass is 9.99. The first kappa shape index (κ1) is 19.2. The molecule has 1 aliphatic rings. The van der Waals surface area contributed by atoms with Gasteiger partial charge in [-0.05, 0) is 50.1 Å². The summed E-state index contributed by atoms with van der Waals surface area (Å²) in [4.78, 5) is 13.4. The number of halogens is 1. The van der Waals surface area contributed by atoms with Gasteiger partial charge in [0.2, 0.25) is 5.91 Å². The Kier molecular flexibility index (Phi) is 5.86. The van der Waals surface area contributed by atoms with Crippen molar-refractivity contribution >= 4 is 44.6 Å². The molecular formula is C17H20ClN3O3S2. The molecule has 1 aliphatic heterocycles. The van der Waals surface area contributed by atoms with Crippen LogP contribution in [0.15, 0.2) is 40.6 Å². The molecule has 26 heavy (non-hydrogen) atoms. The van der Waals surface area contributed by atoms with Crippen LogP contribution in [0.5, 0.6) is 0 Å². The topological polar surface area (TPSA) is 78.5 Å². The zero-order valence-corrected chi connectivity index (χ0v) is 16.6. The zero-order valence-electron chi connectivity index (χ0n) is 14.2. The molecule has 1 unspecified atom stereocenters. The highest BCUT2D eigenvalue weighted by atomic mass is 35.5. The van der Waals surface area contributed by atoms with Crippen molar-refractivity contribution in [3.8, 4) is 0 Å². The monoisotopic (exact) mass is 413 g/mol. The molecule has 0 aliphatic carbocycles. The average molecular weight is 414 g/mol. The molecule has 0 spiro atoms. The molecule has 1 aromatic heterocycles. The van der Waals surface area contributed by atoms with Crippen molar-refractivity contribution in [2.45, 2.75) is 24.0 Å². The maximum Gasteiger partial charge on any atom is 0.252 e. The van der Waals surface area contributed by atoms with Crippen molar-refractivity contribution in [1.82, 2.24) is 9.73 Å². The van der Waals surface area contributed by atoms with E-state index in [2.05, 4.69) is 10.9 Å². The second kappa shape index (κ2) is 7.96. The van der Waals surface area contributed by atoms with Crippen LogP contribution in [0.4, 0.5) is 5.69 Å². The molecule has 2 heterocycles. The molecule has 6 nitrogen and oxygen atoms in total. The highest BCUT2D eigenvalue weighted by Crippen LogP contribution is 2.28. The van der Waals surface area contributed by atoms with Crippen molar-refractivity contribution in [3.05, 3.63) is 46.3 Å². The number of carbonyl (C=O) groups excluding carboxylic acids is 1. The Labute approximate surface area is 162 Å². The fourth-order valence-corrected chi connectivity index (χ4v) is 6.01. The van der Waals surface area contributed by atoms with E-state index in [9.17, 15) is 13.2 Å². The fraction of sp³-hybridized carbons (Fsp3) is 0.353. The largest absolute Gasteiger partial charge is 0.299 e. The van der Waals surface area contributed by atoms with Gasteiger partial charge < -0.3 is 0 Å². The van der Waals surface area contributed by atoms with E-state index in [0.717, 1.165) is 4.88 Å². The minimum Gasteiger partial charge on any atom is -0.299 e. The third kappa shape index (κ3) is 4.37. The summed E-state index contributed by atoms with van der Waals surface area (Å²) < 4.78 is 27.3. The maximum absolute atomic E-state index is 12.8. The van der Waals surface area contributed by atoms with E-state index in [-0.39, 0.29) is 12.5 Å². The molecular weight excluding hydrogens is 394 g/mol. The van der Waals surface area contributed by atoms with Gasteiger partial charge in [-0.2, -0.15) is 4.31 Å². The Morgan fingerprint density at radius 2 is 2.12 bits per heavy atom. The maximum atomic E-state index is 12.8. The Bertz CT molecular complexity index is 898. The molecule has 0 saturated carbocycles. The van der Waals surface area contributed by atoms with Gasteiger partial charge in [0.05, 0.1) is 11.6 Å². The van der Waals surface area contributed by atoms with Gasteiger partial charge in [-0.1, -0.05) is 17.7 Å². The van der Waals surface area contributed by atoms with Gasteiger partial charge in [0, 0.05) is 23.0 Å². The van der Waals surface area contributed by atoms with Crippen LogP contribution in [0, 0.1) is 12.8 Å². The number of hydrogen-bond donors (Lipinski definition) is 2. The minimum absolute atomic E-state index is 0.183. The van der Waals surface area contributed by atoms with Crippen LogP contribution in [0.25, 0.3) is 0 Å². The van der Waals surface area contributed by atoms with Gasteiger partial charge in [0.15, 0.2) is 0 Å². The van der Waals surface area contributed by atoms with Gasteiger partial charge in [0.1, 0.15) is 4.21 Å². The number of piperidine rings is 1. The van der Waals surface area contributed by atoms with Crippen molar-refractivity contribution in [2.75, 3.05) is 18.5 Å². The van der Waals surface area contributed by atoms with E-state index in [1.165, 1.54) is 15.6 Å². The minimum atomic E-state index is -3.55.